The standard InChI is InChI=1S/C23H36O2/c1-3-4-5-6-7-8-9-10-11-12-13-14-16-19-22(2)20-17-15-18-21-23(24)25/h8-11,13-17,19,22H,3-7,12,18,20-21H2,1-2H3,(H,24,25). The van der Waals surface area contributed by atoms with Gasteiger partial charge in [0.15, 0.2) is 0 Å². The van der Waals surface area contributed by atoms with Crippen LogP contribution in [0.1, 0.15) is 71.6 Å². The van der Waals surface area contributed by atoms with Gasteiger partial charge in [0.2, 0.25) is 0 Å². The van der Waals surface area contributed by atoms with Crippen molar-refractivity contribution < 1.29 is 9.90 Å². The average molecular weight is 345 g/mol. The second-order valence-electron chi connectivity index (χ2n) is 6.37. The fourth-order valence-corrected chi connectivity index (χ4v) is 2.22. The van der Waals surface area contributed by atoms with Crippen LogP contribution in [0, 0.1) is 5.92 Å². The highest BCUT2D eigenvalue weighted by Crippen LogP contribution is 2.06. The minimum Gasteiger partial charge on any atom is -0.481 e. The molecule has 0 aromatic heterocycles. The number of unbranched alkanes of at least 4 members (excludes halogenated alkanes) is 4. The highest BCUT2D eigenvalue weighted by atomic mass is 16.4. The molecule has 0 spiro atoms. The van der Waals surface area contributed by atoms with Crippen LogP contribution in [0.2, 0.25) is 0 Å². The summed E-state index contributed by atoms with van der Waals surface area (Å²) < 4.78 is 0. The monoisotopic (exact) mass is 344 g/mol. The van der Waals surface area contributed by atoms with E-state index in [9.17, 15) is 4.79 Å². The van der Waals surface area contributed by atoms with Crippen LogP contribution in [0.4, 0.5) is 0 Å². The average Bonchev–Trinajstić information content (AvgIpc) is 2.58. The summed E-state index contributed by atoms with van der Waals surface area (Å²) in [6.07, 6.45) is 30.4. The number of aliphatic carboxylic acids is 1. The van der Waals surface area contributed by atoms with Gasteiger partial charge in [0.05, 0.1) is 0 Å². The van der Waals surface area contributed by atoms with E-state index >= 15 is 0 Å². The number of carbonyl (C=O) groups is 1. The van der Waals surface area contributed by atoms with E-state index in [1.807, 2.05) is 6.08 Å². The van der Waals surface area contributed by atoms with Crippen molar-refractivity contribution in [1.29, 1.82) is 0 Å². The Kier molecular flexibility index (Phi) is 17.2. The van der Waals surface area contributed by atoms with E-state index in [1.165, 1.54) is 32.1 Å². The van der Waals surface area contributed by atoms with Gasteiger partial charge in [0, 0.05) is 6.42 Å². The topological polar surface area (TPSA) is 37.3 Å². The summed E-state index contributed by atoms with van der Waals surface area (Å²) in [4.78, 5) is 10.4. The second kappa shape index (κ2) is 18.5. The van der Waals surface area contributed by atoms with E-state index in [4.69, 9.17) is 5.11 Å². The Bertz CT molecular complexity index is 453. The minimum atomic E-state index is -0.737. The molecule has 2 heteroatoms. The zero-order chi connectivity index (χ0) is 18.6. The summed E-state index contributed by atoms with van der Waals surface area (Å²) in [5, 5.41) is 8.55. The lowest BCUT2D eigenvalue weighted by molar-refractivity contribution is -0.136. The quantitative estimate of drug-likeness (QED) is 0.197. The molecule has 0 heterocycles. The van der Waals surface area contributed by atoms with Gasteiger partial charge >= 0.3 is 5.97 Å². The fraction of sp³-hybridized carbons (Fsp3) is 0.522. The van der Waals surface area contributed by atoms with Crippen LogP contribution >= 0.6 is 0 Å². The van der Waals surface area contributed by atoms with Crippen molar-refractivity contribution in [3.8, 4) is 0 Å². The van der Waals surface area contributed by atoms with Gasteiger partial charge in [-0.05, 0) is 38.0 Å². The van der Waals surface area contributed by atoms with Crippen LogP contribution in [0.5, 0.6) is 0 Å². The number of carboxylic acid groups (broad SMARTS) is 1. The van der Waals surface area contributed by atoms with Crippen molar-refractivity contribution in [2.45, 2.75) is 71.6 Å². The summed E-state index contributed by atoms with van der Waals surface area (Å²) in [6.45, 7) is 4.40. The highest BCUT2D eigenvalue weighted by molar-refractivity contribution is 5.66. The second-order valence-corrected chi connectivity index (χ2v) is 6.37. The van der Waals surface area contributed by atoms with Crippen LogP contribution in [-0.2, 0) is 4.79 Å². The van der Waals surface area contributed by atoms with Gasteiger partial charge in [0.1, 0.15) is 0 Å². The summed E-state index contributed by atoms with van der Waals surface area (Å²) in [5.41, 5.74) is 0. The Morgan fingerprint density at radius 1 is 0.880 bits per heavy atom. The van der Waals surface area contributed by atoms with Crippen LogP contribution in [0.3, 0.4) is 0 Å². The summed E-state index contributed by atoms with van der Waals surface area (Å²) >= 11 is 0. The lowest BCUT2D eigenvalue weighted by atomic mass is 10.1. The molecule has 25 heavy (non-hydrogen) atoms. The predicted molar refractivity (Wildman–Crippen MR) is 110 cm³/mol. The van der Waals surface area contributed by atoms with Crippen molar-refractivity contribution in [3.05, 3.63) is 60.8 Å². The van der Waals surface area contributed by atoms with Crippen molar-refractivity contribution in [1.82, 2.24) is 0 Å². The Hall–Kier alpha value is -1.83. The Labute approximate surface area is 154 Å². The van der Waals surface area contributed by atoms with Crippen LogP contribution in [0.15, 0.2) is 60.8 Å². The van der Waals surface area contributed by atoms with Gasteiger partial charge in [-0.3, -0.25) is 4.79 Å². The summed E-state index contributed by atoms with van der Waals surface area (Å²) in [7, 11) is 0. The smallest absolute Gasteiger partial charge is 0.303 e. The minimum absolute atomic E-state index is 0.213. The molecule has 0 rings (SSSR count). The molecule has 0 radical (unpaired) electrons. The molecule has 140 valence electrons. The van der Waals surface area contributed by atoms with Crippen molar-refractivity contribution in [2.24, 2.45) is 5.92 Å². The molecule has 0 aliphatic carbocycles. The first-order valence-corrected chi connectivity index (χ1v) is 9.68. The van der Waals surface area contributed by atoms with Crippen molar-refractivity contribution in [2.75, 3.05) is 0 Å². The lowest BCUT2D eigenvalue weighted by Gasteiger charge is -1.99. The number of rotatable bonds is 15. The van der Waals surface area contributed by atoms with Crippen molar-refractivity contribution >= 4 is 5.97 Å². The molecule has 0 saturated carbocycles. The SMILES string of the molecule is CCCCCCC=CC=CCC=CC=CC(C)CC=CCCC(=O)O. The third-order valence-electron chi connectivity index (χ3n) is 3.77. The Balaban J connectivity index is 3.68. The fourth-order valence-electron chi connectivity index (χ4n) is 2.22. The summed E-state index contributed by atoms with van der Waals surface area (Å²) in [6, 6.07) is 0. The molecule has 0 aliphatic rings. The molecule has 0 fully saturated rings. The molecule has 1 atom stereocenters. The van der Waals surface area contributed by atoms with E-state index < -0.39 is 5.97 Å². The highest BCUT2D eigenvalue weighted by Gasteiger charge is 1.94. The van der Waals surface area contributed by atoms with Gasteiger partial charge in [-0.2, -0.15) is 0 Å². The Morgan fingerprint density at radius 2 is 1.60 bits per heavy atom. The molecule has 0 aromatic carbocycles. The first kappa shape index (κ1) is 23.2. The van der Waals surface area contributed by atoms with Crippen LogP contribution in [0.25, 0.3) is 0 Å². The molecule has 0 saturated heterocycles. The lowest BCUT2D eigenvalue weighted by Crippen LogP contribution is -1.92. The maximum absolute atomic E-state index is 10.4. The van der Waals surface area contributed by atoms with Gasteiger partial charge in [-0.1, -0.05) is 93.9 Å². The zero-order valence-electron chi connectivity index (χ0n) is 16.1. The third-order valence-corrected chi connectivity index (χ3v) is 3.77. The third kappa shape index (κ3) is 20.1. The van der Waals surface area contributed by atoms with E-state index in [0.29, 0.717) is 12.3 Å². The maximum Gasteiger partial charge on any atom is 0.303 e. The number of allylic oxidation sites excluding steroid dienone is 10. The molecular weight excluding hydrogens is 308 g/mol. The molecule has 1 unspecified atom stereocenters. The van der Waals surface area contributed by atoms with Gasteiger partial charge in [-0.25, -0.2) is 0 Å². The molecule has 0 bridgehead atoms. The first-order chi connectivity index (χ1) is 12.2. The molecule has 1 N–H and O–H groups in total. The van der Waals surface area contributed by atoms with Crippen LogP contribution in [-0.4, -0.2) is 11.1 Å². The van der Waals surface area contributed by atoms with Crippen LogP contribution < -0.4 is 0 Å². The van der Waals surface area contributed by atoms with E-state index in [0.717, 1.165) is 12.8 Å². The molecule has 0 aromatic rings. The van der Waals surface area contributed by atoms with Gasteiger partial charge < -0.3 is 5.11 Å². The van der Waals surface area contributed by atoms with Gasteiger partial charge in [0.25, 0.3) is 0 Å². The van der Waals surface area contributed by atoms with E-state index in [-0.39, 0.29) is 6.42 Å². The number of carboxylic acids is 1. The summed E-state index contributed by atoms with van der Waals surface area (Å²) in [5.74, 6) is -0.267. The Morgan fingerprint density at radius 3 is 2.32 bits per heavy atom. The molecule has 2 nitrogen and oxygen atoms in total. The van der Waals surface area contributed by atoms with E-state index in [2.05, 4.69) is 68.5 Å². The van der Waals surface area contributed by atoms with Crippen molar-refractivity contribution in [3.63, 3.8) is 0 Å². The maximum atomic E-state index is 10.4. The largest absolute Gasteiger partial charge is 0.481 e. The predicted octanol–water partition coefficient (Wildman–Crippen LogP) is 7.02. The first-order valence-electron chi connectivity index (χ1n) is 9.68. The van der Waals surface area contributed by atoms with Gasteiger partial charge in [-0.15, -0.1) is 0 Å². The number of hydrogen-bond donors (Lipinski definition) is 1. The normalized spacial score (nSPS) is 14.0. The number of hydrogen-bond acceptors (Lipinski definition) is 1. The zero-order valence-corrected chi connectivity index (χ0v) is 16.1. The molecule has 0 amide bonds. The molecular formula is C23H36O2. The molecule has 0 aliphatic heterocycles. The van der Waals surface area contributed by atoms with E-state index in [1.54, 1.807) is 0 Å².